The van der Waals surface area contributed by atoms with E-state index in [1.165, 1.54) is 11.3 Å². The van der Waals surface area contributed by atoms with Crippen LogP contribution in [0.2, 0.25) is 0 Å². The van der Waals surface area contributed by atoms with E-state index in [0.29, 0.717) is 10.7 Å². The number of aryl methyl sites for hydroxylation is 1. The van der Waals surface area contributed by atoms with Gasteiger partial charge < -0.3 is 0 Å². The van der Waals surface area contributed by atoms with Crippen LogP contribution in [-0.2, 0) is 0 Å². The molecule has 0 fully saturated rings. The third-order valence-corrected chi connectivity index (χ3v) is 4.37. The fraction of sp³-hybridized carbons (Fsp3) is 0.308. The molecule has 0 radical (unpaired) electrons. The maximum atomic E-state index is 12.2. The highest BCUT2D eigenvalue weighted by Gasteiger charge is 2.13. The molecule has 1 heterocycles. The van der Waals surface area contributed by atoms with E-state index in [1.54, 1.807) is 11.8 Å². The van der Waals surface area contributed by atoms with Crippen molar-refractivity contribution in [1.29, 1.82) is 0 Å². The fourth-order valence-electron chi connectivity index (χ4n) is 1.50. The van der Waals surface area contributed by atoms with Crippen LogP contribution in [0.1, 0.15) is 28.7 Å². The normalized spacial score (nSPS) is 10.4. The van der Waals surface area contributed by atoms with Crippen molar-refractivity contribution in [2.45, 2.75) is 25.2 Å². The summed E-state index contributed by atoms with van der Waals surface area (Å²) in [4.78, 5) is 13.2. The summed E-state index contributed by atoms with van der Waals surface area (Å²) in [6.45, 7) is 3.98. The van der Waals surface area contributed by atoms with Crippen molar-refractivity contribution in [2.75, 3.05) is 11.1 Å². The molecule has 1 N–H and O–H groups in total. The molecule has 6 heteroatoms. The Morgan fingerprint density at radius 3 is 2.84 bits per heavy atom. The number of hydrogen-bond donors (Lipinski definition) is 1. The minimum atomic E-state index is -0.129. The summed E-state index contributed by atoms with van der Waals surface area (Å²) in [5.74, 6) is 0.873. The summed E-state index contributed by atoms with van der Waals surface area (Å²) in [6, 6.07) is 7.63. The van der Waals surface area contributed by atoms with Gasteiger partial charge in [-0.2, -0.15) is 0 Å². The Morgan fingerprint density at radius 2 is 2.16 bits per heavy atom. The molecule has 0 aliphatic rings. The average molecular weight is 293 g/mol. The molecule has 0 aliphatic heterocycles. The lowest BCUT2D eigenvalue weighted by Crippen LogP contribution is -2.12. The first-order chi connectivity index (χ1) is 9.20. The molecule has 1 aromatic heterocycles. The van der Waals surface area contributed by atoms with Gasteiger partial charge in [0.1, 0.15) is 5.01 Å². The van der Waals surface area contributed by atoms with Gasteiger partial charge in [0.15, 0.2) is 0 Å². The van der Waals surface area contributed by atoms with Crippen molar-refractivity contribution in [1.82, 2.24) is 10.2 Å². The van der Waals surface area contributed by atoms with Gasteiger partial charge in [-0.05, 0) is 31.2 Å². The van der Waals surface area contributed by atoms with Crippen molar-refractivity contribution in [3.05, 3.63) is 34.8 Å². The lowest BCUT2D eigenvalue weighted by Gasteiger charge is -2.07. The quantitative estimate of drug-likeness (QED) is 0.856. The molecule has 1 aromatic carbocycles. The number of nitrogens with one attached hydrogen (secondary N) is 1. The van der Waals surface area contributed by atoms with Gasteiger partial charge in [-0.1, -0.05) is 30.4 Å². The van der Waals surface area contributed by atoms with Gasteiger partial charge in [0.05, 0.1) is 5.56 Å². The molecule has 0 bridgehead atoms. The van der Waals surface area contributed by atoms with Gasteiger partial charge in [0, 0.05) is 4.90 Å². The van der Waals surface area contributed by atoms with Crippen molar-refractivity contribution in [2.24, 2.45) is 0 Å². The van der Waals surface area contributed by atoms with Crippen molar-refractivity contribution in [3.63, 3.8) is 0 Å². The number of thioether (sulfide) groups is 1. The highest BCUT2D eigenvalue weighted by Crippen LogP contribution is 2.24. The van der Waals surface area contributed by atoms with E-state index >= 15 is 0 Å². The summed E-state index contributed by atoms with van der Waals surface area (Å²) in [7, 11) is 0. The number of benzene rings is 1. The second-order valence-electron chi connectivity index (χ2n) is 3.92. The first-order valence-corrected chi connectivity index (χ1v) is 7.84. The summed E-state index contributed by atoms with van der Waals surface area (Å²) < 4.78 is 0. The summed E-state index contributed by atoms with van der Waals surface area (Å²) in [6.07, 6.45) is 1.08. The number of carbonyl (C=O) groups is 1. The van der Waals surface area contributed by atoms with Crippen LogP contribution in [0.3, 0.4) is 0 Å². The van der Waals surface area contributed by atoms with Crippen LogP contribution in [0, 0.1) is 6.92 Å². The highest BCUT2D eigenvalue weighted by atomic mass is 32.2. The number of rotatable bonds is 5. The molecule has 0 saturated carbocycles. The van der Waals surface area contributed by atoms with Gasteiger partial charge in [-0.3, -0.25) is 10.1 Å². The van der Waals surface area contributed by atoms with Crippen LogP contribution < -0.4 is 5.32 Å². The standard InChI is InChI=1S/C13H15N3OS2/c1-3-8-18-11-7-5-4-6-10(11)12(17)14-13-16-15-9(2)19-13/h4-7H,3,8H2,1-2H3,(H,14,16,17). The minimum Gasteiger partial charge on any atom is -0.296 e. The van der Waals surface area contributed by atoms with E-state index < -0.39 is 0 Å². The second kappa shape index (κ2) is 6.68. The van der Waals surface area contributed by atoms with Gasteiger partial charge in [-0.15, -0.1) is 22.0 Å². The number of anilines is 1. The zero-order valence-corrected chi connectivity index (χ0v) is 12.5. The van der Waals surface area contributed by atoms with Crippen LogP contribution in [0.15, 0.2) is 29.2 Å². The Bertz CT molecular complexity index is 569. The van der Waals surface area contributed by atoms with Crippen LogP contribution in [0.4, 0.5) is 5.13 Å². The molecule has 4 nitrogen and oxygen atoms in total. The van der Waals surface area contributed by atoms with E-state index in [-0.39, 0.29) is 5.91 Å². The van der Waals surface area contributed by atoms with Crippen LogP contribution in [0.5, 0.6) is 0 Å². The molecular formula is C13H15N3OS2. The topological polar surface area (TPSA) is 54.9 Å². The predicted octanol–water partition coefficient (Wildman–Crippen LogP) is 3.60. The number of carbonyl (C=O) groups excluding carboxylic acids is 1. The van der Waals surface area contributed by atoms with E-state index in [1.807, 2.05) is 31.2 Å². The zero-order chi connectivity index (χ0) is 13.7. The number of nitrogens with zero attached hydrogens (tertiary/aromatic N) is 2. The average Bonchev–Trinajstić information content (AvgIpc) is 2.82. The fourth-order valence-corrected chi connectivity index (χ4v) is 3.01. The molecule has 100 valence electrons. The molecule has 19 heavy (non-hydrogen) atoms. The van der Waals surface area contributed by atoms with Crippen LogP contribution in [0.25, 0.3) is 0 Å². The van der Waals surface area contributed by atoms with E-state index in [9.17, 15) is 4.79 Å². The van der Waals surface area contributed by atoms with Crippen LogP contribution in [-0.4, -0.2) is 21.9 Å². The van der Waals surface area contributed by atoms with Crippen molar-refractivity contribution >= 4 is 34.1 Å². The lowest BCUT2D eigenvalue weighted by molar-refractivity contribution is 0.102. The maximum Gasteiger partial charge on any atom is 0.258 e. The molecular weight excluding hydrogens is 278 g/mol. The number of amides is 1. The van der Waals surface area contributed by atoms with Crippen LogP contribution >= 0.6 is 23.1 Å². The van der Waals surface area contributed by atoms with E-state index in [0.717, 1.165) is 22.1 Å². The third-order valence-electron chi connectivity index (χ3n) is 2.34. The monoisotopic (exact) mass is 293 g/mol. The lowest BCUT2D eigenvalue weighted by atomic mass is 10.2. The molecule has 2 aromatic rings. The molecule has 0 spiro atoms. The summed E-state index contributed by atoms with van der Waals surface area (Å²) >= 11 is 3.07. The van der Waals surface area contributed by atoms with Gasteiger partial charge in [-0.25, -0.2) is 0 Å². The third kappa shape index (κ3) is 3.78. The second-order valence-corrected chi connectivity index (χ2v) is 6.24. The van der Waals surface area contributed by atoms with E-state index in [4.69, 9.17) is 0 Å². The highest BCUT2D eigenvalue weighted by molar-refractivity contribution is 7.99. The van der Waals surface area contributed by atoms with E-state index in [2.05, 4.69) is 22.4 Å². The zero-order valence-electron chi connectivity index (χ0n) is 10.8. The summed E-state index contributed by atoms with van der Waals surface area (Å²) in [5.41, 5.74) is 0.689. The summed E-state index contributed by atoms with van der Waals surface area (Å²) in [5, 5.41) is 12.0. The number of hydrogen-bond acceptors (Lipinski definition) is 5. The Hall–Kier alpha value is -1.40. The Balaban J connectivity index is 2.14. The Kier molecular flexibility index (Phi) is 4.93. The van der Waals surface area contributed by atoms with Crippen molar-refractivity contribution < 1.29 is 4.79 Å². The van der Waals surface area contributed by atoms with Gasteiger partial charge >= 0.3 is 0 Å². The minimum absolute atomic E-state index is 0.129. The molecule has 0 aliphatic carbocycles. The molecule has 2 rings (SSSR count). The predicted molar refractivity (Wildman–Crippen MR) is 80.1 cm³/mol. The van der Waals surface area contributed by atoms with Gasteiger partial charge in [0.25, 0.3) is 5.91 Å². The molecule has 0 unspecified atom stereocenters. The van der Waals surface area contributed by atoms with Crippen molar-refractivity contribution in [3.8, 4) is 0 Å². The number of aromatic nitrogens is 2. The van der Waals surface area contributed by atoms with Gasteiger partial charge in [0.2, 0.25) is 5.13 Å². The first-order valence-electron chi connectivity index (χ1n) is 6.04. The molecule has 0 saturated heterocycles. The Labute approximate surface area is 120 Å². The molecule has 1 amide bonds. The first kappa shape index (κ1) is 14.0. The maximum absolute atomic E-state index is 12.2. The Morgan fingerprint density at radius 1 is 1.37 bits per heavy atom. The molecule has 0 atom stereocenters. The largest absolute Gasteiger partial charge is 0.296 e. The smallest absolute Gasteiger partial charge is 0.258 e. The SMILES string of the molecule is CCCSc1ccccc1C(=O)Nc1nnc(C)s1.